The number of rotatable bonds is 6. The molecular formula is C26H26N6. The Morgan fingerprint density at radius 2 is 1.94 bits per heavy atom. The summed E-state index contributed by atoms with van der Waals surface area (Å²) in [7, 11) is 0. The lowest BCUT2D eigenvalue weighted by Crippen LogP contribution is -2.30. The van der Waals surface area contributed by atoms with Crippen LogP contribution in [0.2, 0.25) is 0 Å². The highest BCUT2D eigenvalue weighted by molar-refractivity contribution is 6.16. The van der Waals surface area contributed by atoms with Gasteiger partial charge in [-0.3, -0.25) is 5.41 Å². The van der Waals surface area contributed by atoms with E-state index in [1.165, 1.54) is 35.9 Å². The molecular weight excluding hydrogens is 396 g/mol. The van der Waals surface area contributed by atoms with Gasteiger partial charge in [-0.15, -0.1) is 0 Å². The van der Waals surface area contributed by atoms with Crippen LogP contribution in [0, 0.1) is 12.3 Å². The zero-order valence-corrected chi connectivity index (χ0v) is 18.1. The van der Waals surface area contributed by atoms with E-state index in [2.05, 4.69) is 58.0 Å². The summed E-state index contributed by atoms with van der Waals surface area (Å²) in [6.45, 7) is 7.13. The molecule has 1 aromatic heterocycles. The van der Waals surface area contributed by atoms with Crippen molar-refractivity contribution < 1.29 is 0 Å². The first kappa shape index (κ1) is 20.0. The fourth-order valence-corrected chi connectivity index (χ4v) is 4.37. The van der Waals surface area contributed by atoms with Gasteiger partial charge in [-0.05, 0) is 37.0 Å². The number of aryl methyl sites for hydroxylation is 1. The minimum Gasteiger partial charge on any atom is -0.383 e. The number of nitrogen functional groups attached to an aromatic ring is 1. The standard InChI is InChI=1S/C26H26N6/c1-16-7-6-10-19-13-21(32(20-11-12-20)17(2)22(16)19)14-29-26-23(25(28)30-15-31-26)24(27)18-8-4-3-5-9-18/h3-10,13,15,20,27H,2,11-12,14H2,1H3,(H3,28,29,30,31). The van der Waals surface area contributed by atoms with E-state index in [0.29, 0.717) is 35.5 Å². The van der Waals surface area contributed by atoms with Crippen molar-refractivity contribution >= 4 is 29.1 Å². The van der Waals surface area contributed by atoms with Crippen molar-refractivity contribution in [1.82, 2.24) is 14.9 Å². The Balaban J connectivity index is 1.48. The van der Waals surface area contributed by atoms with E-state index in [0.717, 1.165) is 17.0 Å². The molecule has 1 aliphatic heterocycles. The smallest absolute Gasteiger partial charge is 0.141 e. The Kier molecular flexibility index (Phi) is 4.98. The Morgan fingerprint density at radius 3 is 2.69 bits per heavy atom. The molecule has 0 saturated heterocycles. The summed E-state index contributed by atoms with van der Waals surface area (Å²) < 4.78 is 0. The number of anilines is 2. The zero-order chi connectivity index (χ0) is 22.2. The molecule has 2 aliphatic rings. The first-order chi connectivity index (χ1) is 15.5. The SMILES string of the molecule is C=C1c2c(C)cccc2C=C(CNc2ncnc(N)c2C(=N)c2ccccc2)N1C1CC1. The highest BCUT2D eigenvalue weighted by atomic mass is 15.2. The number of hydrogen-bond acceptors (Lipinski definition) is 6. The van der Waals surface area contributed by atoms with Crippen molar-refractivity contribution in [1.29, 1.82) is 5.41 Å². The Hall–Kier alpha value is -3.93. The molecule has 0 atom stereocenters. The van der Waals surface area contributed by atoms with Crippen LogP contribution in [0.5, 0.6) is 0 Å². The van der Waals surface area contributed by atoms with E-state index in [-0.39, 0.29) is 0 Å². The van der Waals surface area contributed by atoms with Crippen LogP contribution >= 0.6 is 0 Å². The van der Waals surface area contributed by atoms with Gasteiger partial charge >= 0.3 is 0 Å². The largest absolute Gasteiger partial charge is 0.383 e. The summed E-state index contributed by atoms with van der Waals surface area (Å²) >= 11 is 0. The van der Waals surface area contributed by atoms with Gasteiger partial charge in [0.25, 0.3) is 0 Å². The molecule has 5 rings (SSSR count). The van der Waals surface area contributed by atoms with Gasteiger partial charge in [-0.2, -0.15) is 0 Å². The molecule has 3 aromatic rings. The first-order valence-electron chi connectivity index (χ1n) is 10.8. The van der Waals surface area contributed by atoms with Gasteiger partial charge in [0.05, 0.1) is 17.8 Å². The third-order valence-electron chi connectivity index (χ3n) is 6.05. The molecule has 1 aliphatic carbocycles. The fraction of sp³-hybridized carbons (Fsp3) is 0.192. The van der Waals surface area contributed by atoms with Gasteiger partial charge in [-0.1, -0.05) is 55.1 Å². The highest BCUT2D eigenvalue weighted by Gasteiger charge is 2.35. The zero-order valence-electron chi connectivity index (χ0n) is 18.1. The number of hydrogen-bond donors (Lipinski definition) is 3. The predicted molar refractivity (Wildman–Crippen MR) is 130 cm³/mol. The second-order valence-electron chi connectivity index (χ2n) is 8.30. The van der Waals surface area contributed by atoms with Crippen LogP contribution in [0.3, 0.4) is 0 Å². The van der Waals surface area contributed by atoms with Crippen molar-refractivity contribution in [2.75, 3.05) is 17.6 Å². The third-order valence-corrected chi connectivity index (χ3v) is 6.05. The summed E-state index contributed by atoms with van der Waals surface area (Å²) in [6, 6.07) is 16.4. The minimum absolute atomic E-state index is 0.290. The summed E-state index contributed by atoms with van der Waals surface area (Å²) in [6.07, 6.45) is 6.00. The quantitative estimate of drug-likeness (QED) is 0.502. The number of benzene rings is 2. The average molecular weight is 423 g/mol. The lowest BCUT2D eigenvalue weighted by molar-refractivity contribution is 0.475. The molecule has 160 valence electrons. The maximum atomic E-state index is 8.71. The molecule has 2 heterocycles. The highest BCUT2D eigenvalue weighted by Crippen LogP contribution is 2.42. The van der Waals surface area contributed by atoms with Crippen molar-refractivity contribution in [2.45, 2.75) is 25.8 Å². The first-order valence-corrected chi connectivity index (χ1v) is 10.8. The van der Waals surface area contributed by atoms with Gasteiger partial charge in [0.1, 0.15) is 18.0 Å². The topological polar surface area (TPSA) is 90.9 Å². The lowest BCUT2D eigenvalue weighted by Gasteiger charge is -2.35. The van der Waals surface area contributed by atoms with Crippen molar-refractivity contribution in [2.24, 2.45) is 0 Å². The maximum absolute atomic E-state index is 8.71. The van der Waals surface area contributed by atoms with Crippen molar-refractivity contribution in [3.8, 4) is 0 Å². The number of nitrogens with zero attached hydrogens (tertiary/aromatic N) is 3. The molecule has 0 amide bonds. The molecule has 32 heavy (non-hydrogen) atoms. The van der Waals surface area contributed by atoms with E-state index in [4.69, 9.17) is 11.1 Å². The minimum atomic E-state index is 0.290. The van der Waals surface area contributed by atoms with Crippen LogP contribution in [-0.4, -0.2) is 33.2 Å². The van der Waals surface area contributed by atoms with E-state index in [9.17, 15) is 0 Å². The van der Waals surface area contributed by atoms with Crippen LogP contribution in [0.15, 0.2) is 67.1 Å². The summed E-state index contributed by atoms with van der Waals surface area (Å²) in [5.41, 5.74) is 13.6. The number of nitrogens with one attached hydrogen (secondary N) is 2. The van der Waals surface area contributed by atoms with Crippen LogP contribution in [0.25, 0.3) is 11.8 Å². The van der Waals surface area contributed by atoms with Gasteiger partial charge in [0.15, 0.2) is 0 Å². The molecule has 2 aromatic carbocycles. The van der Waals surface area contributed by atoms with Crippen molar-refractivity contribution in [3.05, 3.63) is 95.0 Å². The Morgan fingerprint density at radius 1 is 1.16 bits per heavy atom. The summed E-state index contributed by atoms with van der Waals surface area (Å²) in [4.78, 5) is 10.9. The molecule has 0 radical (unpaired) electrons. The molecule has 6 heteroatoms. The second kappa shape index (κ2) is 7.96. The van der Waals surface area contributed by atoms with E-state index in [1.807, 2.05) is 30.3 Å². The molecule has 6 nitrogen and oxygen atoms in total. The van der Waals surface area contributed by atoms with Gasteiger partial charge in [-0.25, -0.2) is 9.97 Å². The molecule has 1 saturated carbocycles. The molecule has 0 bridgehead atoms. The monoisotopic (exact) mass is 422 g/mol. The Bertz CT molecular complexity index is 1240. The van der Waals surface area contributed by atoms with Crippen molar-refractivity contribution in [3.63, 3.8) is 0 Å². The van der Waals surface area contributed by atoms with Crippen LogP contribution < -0.4 is 11.1 Å². The average Bonchev–Trinajstić information content (AvgIpc) is 3.63. The van der Waals surface area contributed by atoms with Crippen LogP contribution in [0.1, 0.15) is 40.7 Å². The van der Waals surface area contributed by atoms with Crippen LogP contribution in [-0.2, 0) is 0 Å². The maximum Gasteiger partial charge on any atom is 0.141 e. The van der Waals surface area contributed by atoms with E-state index in [1.54, 1.807) is 0 Å². The molecule has 0 unspecified atom stereocenters. The van der Waals surface area contributed by atoms with Gasteiger partial charge < -0.3 is 16.0 Å². The molecule has 4 N–H and O–H groups in total. The Labute approximate surface area is 188 Å². The third kappa shape index (κ3) is 3.54. The number of aromatic nitrogens is 2. The molecule has 0 spiro atoms. The second-order valence-corrected chi connectivity index (χ2v) is 8.30. The van der Waals surface area contributed by atoms with Gasteiger partial charge in [0.2, 0.25) is 0 Å². The summed E-state index contributed by atoms with van der Waals surface area (Å²) in [5.74, 6) is 0.849. The fourth-order valence-electron chi connectivity index (χ4n) is 4.37. The number of nitrogens with two attached hydrogens (primary N) is 1. The van der Waals surface area contributed by atoms with E-state index < -0.39 is 0 Å². The van der Waals surface area contributed by atoms with Gasteiger partial charge in [0, 0.05) is 28.6 Å². The lowest BCUT2D eigenvalue weighted by atomic mass is 9.94. The predicted octanol–water partition coefficient (Wildman–Crippen LogP) is 4.69. The van der Waals surface area contributed by atoms with E-state index >= 15 is 0 Å². The molecule has 1 fully saturated rings. The number of fused-ring (bicyclic) bond motifs is 1. The normalized spacial score (nSPS) is 15.2. The summed E-state index contributed by atoms with van der Waals surface area (Å²) in [5, 5.41) is 12.1. The van der Waals surface area contributed by atoms with Crippen LogP contribution in [0.4, 0.5) is 11.6 Å².